The van der Waals surface area contributed by atoms with Gasteiger partial charge in [-0.15, -0.1) is 0 Å². The van der Waals surface area contributed by atoms with Crippen LogP contribution in [0, 0.1) is 17.8 Å². The second-order valence-electron chi connectivity index (χ2n) is 7.59. The Hall–Kier alpha value is -1.44. The van der Waals surface area contributed by atoms with E-state index in [0.29, 0.717) is 17.8 Å². The van der Waals surface area contributed by atoms with Gasteiger partial charge in [-0.2, -0.15) is 0 Å². The van der Waals surface area contributed by atoms with Crippen LogP contribution >= 0.6 is 0 Å². The van der Waals surface area contributed by atoms with Gasteiger partial charge in [0, 0.05) is 25.1 Å². The van der Waals surface area contributed by atoms with E-state index in [1.165, 1.54) is 36.0 Å². The van der Waals surface area contributed by atoms with Gasteiger partial charge >= 0.3 is 0 Å². The fourth-order valence-corrected chi connectivity index (χ4v) is 2.90. The number of nitrogens with zero attached hydrogens (tertiary/aromatic N) is 1. The summed E-state index contributed by atoms with van der Waals surface area (Å²) in [6.07, 6.45) is 9.45. The molecule has 24 heavy (non-hydrogen) atoms. The zero-order valence-corrected chi connectivity index (χ0v) is 17.3. The third-order valence-electron chi connectivity index (χ3n) is 5.01. The first-order valence-corrected chi connectivity index (χ1v) is 9.31. The van der Waals surface area contributed by atoms with E-state index in [1.807, 2.05) is 18.1 Å². The minimum absolute atomic E-state index is 0.455. The molecule has 0 fully saturated rings. The van der Waals surface area contributed by atoms with E-state index in [0.717, 1.165) is 5.70 Å². The molecule has 0 aromatic rings. The van der Waals surface area contributed by atoms with E-state index in [2.05, 4.69) is 61.1 Å². The quantitative estimate of drug-likeness (QED) is 0.291. The number of rotatable bonds is 10. The predicted molar refractivity (Wildman–Crippen MR) is 109 cm³/mol. The van der Waals surface area contributed by atoms with Gasteiger partial charge in [0.2, 0.25) is 0 Å². The first-order chi connectivity index (χ1) is 11.1. The molecule has 0 radical (unpaired) electrons. The minimum Gasteiger partial charge on any atom is -0.403 e. The molecule has 0 saturated heterocycles. The topological polar surface area (TPSA) is 29.3 Å². The lowest BCUT2D eigenvalue weighted by atomic mass is 9.86. The highest BCUT2D eigenvalue weighted by molar-refractivity contribution is 5.35. The average Bonchev–Trinajstić information content (AvgIpc) is 2.50. The standard InChI is InChI=1S/C22H40N2/c1-16(2)18(5)12-10-11-13-19(6)20(7)22(17(3)4)21(8)24(9)15-14-23/h12,14-17,19H,8,10-11,13,23H2,1-7,9H3/b15-14-,18-12-,22-20-. The Kier molecular flexibility index (Phi) is 10.5. The number of likely N-dealkylation sites (N-methyl/N-ethyl adjacent to an activating group) is 1. The third-order valence-corrected chi connectivity index (χ3v) is 5.01. The summed E-state index contributed by atoms with van der Waals surface area (Å²) in [7, 11) is 2.01. The fraction of sp³-hybridized carbons (Fsp3) is 0.636. The van der Waals surface area contributed by atoms with E-state index < -0.39 is 0 Å². The molecular weight excluding hydrogens is 292 g/mol. The number of allylic oxidation sites excluding steroid dienone is 4. The SMILES string of the molecule is C=C(/C(=C(/C)C(C)CCC/C=C(/C)C(C)C)C(C)C)N(C)/C=C\N. The van der Waals surface area contributed by atoms with Crippen LogP contribution in [0.5, 0.6) is 0 Å². The molecule has 0 bridgehead atoms. The van der Waals surface area contributed by atoms with Crippen LogP contribution in [0.4, 0.5) is 0 Å². The van der Waals surface area contributed by atoms with Gasteiger partial charge in [-0.25, -0.2) is 0 Å². The third kappa shape index (κ3) is 7.42. The van der Waals surface area contributed by atoms with Crippen molar-refractivity contribution in [3.05, 3.63) is 47.5 Å². The maximum absolute atomic E-state index is 5.52. The molecule has 1 atom stereocenters. The second kappa shape index (κ2) is 11.2. The van der Waals surface area contributed by atoms with Gasteiger partial charge < -0.3 is 10.6 Å². The lowest BCUT2D eigenvalue weighted by Gasteiger charge is -2.27. The highest BCUT2D eigenvalue weighted by Crippen LogP contribution is 2.30. The zero-order chi connectivity index (χ0) is 18.9. The molecule has 0 heterocycles. The molecule has 0 spiro atoms. The number of unbranched alkanes of at least 4 members (excludes halogenated alkanes) is 1. The van der Waals surface area contributed by atoms with E-state index >= 15 is 0 Å². The monoisotopic (exact) mass is 332 g/mol. The summed E-state index contributed by atoms with van der Waals surface area (Å²) >= 11 is 0. The molecule has 0 amide bonds. The Morgan fingerprint density at radius 2 is 1.67 bits per heavy atom. The Morgan fingerprint density at radius 3 is 2.12 bits per heavy atom. The lowest BCUT2D eigenvalue weighted by Crippen LogP contribution is -2.17. The van der Waals surface area contributed by atoms with Gasteiger partial charge in [0.15, 0.2) is 0 Å². The van der Waals surface area contributed by atoms with Crippen molar-refractivity contribution in [2.45, 2.75) is 67.7 Å². The van der Waals surface area contributed by atoms with Crippen LogP contribution in [0.1, 0.15) is 67.7 Å². The molecule has 138 valence electrons. The Morgan fingerprint density at radius 1 is 1.08 bits per heavy atom. The molecule has 0 aliphatic heterocycles. The van der Waals surface area contributed by atoms with Gasteiger partial charge in [-0.3, -0.25) is 0 Å². The summed E-state index contributed by atoms with van der Waals surface area (Å²) in [4.78, 5) is 2.01. The molecule has 0 aromatic carbocycles. The number of hydrogen-bond donors (Lipinski definition) is 1. The molecule has 0 rings (SSSR count). The fourth-order valence-electron chi connectivity index (χ4n) is 2.90. The lowest BCUT2D eigenvalue weighted by molar-refractivity contribution is 0.529. The van der Waals surface area contributed by atoms with Gasteiger partial charge in [-0.05, 0) is 56.4 Å². The first-order valence-electron chi connectivity index (χ1n) is 9.31. The van der Waals surface area contributed by atoms with Crippen LogP contribution in [0.2, 0.25) is 0 Å². The van der Waals surface area contributed by atoms with Gasteiger partial charge in [0.25, 0.3) is 0 Å². The van der Waals surface area contributed by atoms with Crippen LogP contribution in [0.25, 0.3) is 0 Å². The molecule has 0 saturated carbocycles. The van der Waals surface area contributed by atoms with Crippen LogP contribution in [-0.2, 0) is 0 Å². The molecule has 2 nitrogen and oxygen atoms in total. The average molecular weight is 333 g/mol. The molecule has 0 aromatic heterocycles. The molecule has 2 heteroatoms. The smallest absolute Gasteiger partial charge is 0.0365 e. The molecule has 0 aliphatic carbocycles. The van der Waals surface area contributed by atoms with Crippen LogP contribution < -0.4 is 5.73 Å². The van der Waals surface area contributed by atoms with Crippen molar-refractivity contribution < 1.29 is 0 Å². The van der Waals surface area contributed by atoms with Crippen LogP contribution in [0.3, 0.4) is 0 Å². The summed E-state index contributed by atoms with van der Waals surface area (Å²) in [5, 5.41) is 0. The van der Waals surface area contributed by atoms with Crippen molar-refractivity contribution in [2.75, 3.05) is 7.05 Å². The predicted octanol–water partition coefficient (Wildman–Crippen LogP) is 6.24. The zero-order valence-electron chi connectivity index (χ0n) is 17.3. The summed E-state index contributed by atoms with van der Waals surface area (Å²) in [5.41, 5.74) is 10.9. The second-order valence-corrected chi connectivity index (χ2v) is 7.59. The van der Waals surface area contributed by atoms with E-state index in [-0.39, 0.29) is 0 Å². The number of hydrogen-bond acceptors (Lipinski definition) is 2. The van der Waals surface area contributed by atoms with Crippen molar-refractivity contribution >= 4 is 0 Å². The van der Waals surface area contributed by atoms with E-state index in [4.69, 9.17) is 5.73 Å². The van der Waals surface area contributed by atoms with E-state index in [9.17, 15) is 0 Å². The first kappa shape index (κ1) is 22.6. The van der Waals surface area contributed by atoms with Crippen molar-refractivity contribution in [3.8, 4) is 0 Å². The maximum Gasteiger partial charge on any atom is 0.0365 e. The highest BCUT2D eigenvalue weighted by Gasteiger charge is 2.17. The van der Waals surface area contributed by atoms with Crippen molar-refractivity contribution in [3.63, 3.8) is 0 Å². The Bertz CT molecular complexity index is 478. The summed E-state index contributed by atoms with van der Waals surface area (Å²) in [5.74, 6) is 1.69. The van der Waals surface area contributed by atoms with Crippen molar-refractivity contribution in [1.29, 1.82) is 0 Å². The largest absolute Gasteiger partial charge is 0.403 e. The summed E-state index contributed by atoms with van der Waals surface area (Å²) in [6, 6.07) is 0. The van der Waals surface area contributed by atoms with Crippen molar-refractivity contribution in [1.82, 2.24) is 4.90 Å². The summed E-state index contributed by atoms with van der Waals surface area (Å²) < 4.78 is 0. The highest BCUT2D eigenvalue weighted by atomic mass is 15.1. The van der Waals surface area contributed by atoms with Gasteiger partial charge in [0.1, 0.15) is 0 Å². The van der Waals surface area contributed by atoms with Gasteiger partial charge in [-0.1, -0.05) is 58.4 Å². The van der Waals surface area contributed by atoms with Crippen LogP contribution in [-0.4, -0.2) is 11.9 Å². The van der Waals surface area contributed by atoms with Gasteiger partial charge in [0.05, 0.1) is 0 Å². The molecule has 1 unspecified atom stereocenters. The van der Waals surface area contributed by atoms with E-state index in [1.54, 1.807) is 6.20 Å². The maximum atomic E-state index is 5.52. The normalized spacial score (nSPS) is 15.2. The molecular formula is C22H40N2. The molecule has 2 N–H and O–H groups in total. The molecule has 0 aliphatic rings. The Labute approximate surface area is 151 Å². The van der Waals surface area contributed by atoms with Crippen molar-refractivity contribution in [2.24, 2.45) is 23.5 Å². The minimum atomic E-state index is 0.455. The summed E-state index contributed by atoms with van der Waals surface area (Å²) in [6.45, 7) is 20.1. The Balaban J connectivity index is 4.99. The van der Waals surface area contributed by atoms with Crippen LogP contribution in [0.15, 0.2) is 47.5 Å². The number of nitrogens with two attached hydrogens (primary N) is 1.